The predicted molar refractivity (Wildman–Crippen MR) is 71.7 cm³/mol. The van der Waals surface area contributed by atoms with Crippen LogP contribution in [0.5, 0.6) is 0 Å². The Morgan fingerprint density at radius 3 is 2.39 bits per heavy atom. The Labute approximate surface area is 112 Å². The molecule has 0 radical (unpaired) electrons. The third-order valence-electron chi connectivity index (χ3n) is 3.69. The number of para-hydroxylation sites is 1. The van der Waals surface area contributed by atoms with E-state index in [0.29, 0.717) is 23.6 Å². The molecule has 0 aliphatic heterocycles. The summed E-state index contributed by atoms with van der Waals surface area (Å²) in [6.45, 7) is 1.50. The fraction of sp³-hybridized carbons (Fsp3) is 0.429. The molecule has 3 nitrogen and oxygen atoms in total. The van der Waals surface area contributed by atoms with E-state index in [4.69, 9.17) is 11.6 Å². The van der Waals surface area contributed by atoms with Gasteiger partial charge in [0.05, 0.1) is 10.7 Å². The van der Waals surface area contributed by atoms with Crippen LogP contribution >= 0.6 is 11.6 Å². The number of carbonyl (C=O) groups is 2. The first-order valence-electron chi connectivity index (χ1n) is 6.13. The van der Waals surface area contributed by atoms with E-state index in [1.54, 1.807) is 24.3 Å². The van der Waals surface area contributed by atoms with Gasteiger partial charge in [0.15, 0.2) is 0 Å². The first-order valence-corrected chi connectivity index (χ1v) is 6.51. The molecule has 1 fully saturated rings. The lowest BCUT2D eigenvalue weighted by atomic mass is 9.81. The first-order chi connectivity index (χ1) is 8.56. The van der Waals surface area contributed by atoms with E-state index < -0.39 is 5.41 Å². The van der Waals surface area contributed by atoms with Gasteiger partial charge in [-0.05, 0) is 31.9 Å². The molecule has 1 aromatic carbocycles. The Morgan fingerprint density at radius 1 is 1.22 bits per heavy atom. The van der Waals surface area contributed by atoms with Crippen molar-refractivity contribution in [2.45, 2.75) is 32.6 Å². The van der Waals surface area contributed by atoms with Crippen molar-refractivity contribution in [2.75, 3.05) is 5.32 Å². The van der Waals surface area contributed by atoms with Gasteiger partial charge < -0.3 is 5.32 Å². The minimum absolute atomic E-state index is 0.0513. The molecular formula is C14H16ClNO2. The Hall–Kier alpha value is -1.35. The van der Waals surface area contributed by atoms with Gasteiger partial charge in [-0.3, -0.25) is 9.59 Å². The Bertz CT molecular complexity index is 478. The highest BCUT2D eigenvalue weighted by Gasteiger charge is 2.45. The number of rotatable bonds is 3. The van der Waals surface area contributed by atoms with E-state index in [1.807, 2.05) is 0 Å². The number of anilines is 1. The Balaban J connectivity index is 2.21. The van der Waals surface area contributed by atoms with Crippen molar-refractivity contribution >= 4 is 29.0 Å². The van der Waals surface area contributed by atoms with Crippen molar-refractivity contribution in [1.82, 2.24) is 0 Å². The van der Waals surface area contributed by atoms with Crippen LogP contribution in [0.4, 0.5) is 5.69 Å². The quantitative estimate of drug-likeness (QED) is 0.851. The molecule has 0 saturated heterocycles. The van der Waals surface area contributed by atoms with Gasteiger partial charge >= 0.3 is 0 Å². The summed E-state index contributed by atoms with van der Waals surface area (Å²) in [5, 5.41) is 3.27. The lowest BCUT2D eigenvalue weighted by Gasteiger charge is -2.24. The van der Waals surface area contributed by atoms with Crippen molar-refractivity contribution in [3.05, 3.63) is 29.3 Å². The average molecular weight is 266 g/mol. The summed E-state index contributed by atoms with van der Waals surface area (Å²) in [6, 6.07) is 7.06. The summed E-state index contributed by atoms with van der Waals surface area (Å²) >= 11 is 6.00. The van der Waals surface area contributed by atoms with Crippen LogP contribution in [0.2, 0.25) is 5.02 Å². The van der Waals surface area contributed by atoms with E-state index in [-0.39, 0.29) is 11.7 Å². The van der Waals surface area contributed by atoms with Gasteiger partial charge in [0.1, 0.15) is 11.2 Å². The summed E-state index contributed by atoms with van der Waals surface area (Å²) in [5.74, 6) is -0.273. The van der Waals surface area contributed by atoms with Crippen molar-refractivity contribution in [2.24, 2.45) is 5.41 Å². The molecule has 0 aromatic heterocycles. The monoisotopic (exact) mass is 265 g/mol. The minimum Gasteiger partial charge on any atom is -0.324 e. The molecule has 18 heavy (non-hydrogen) atoms. The summed E-state index contributed by atoms with van der Waals surface area (Å²) < 4.78 is 0. The van der Waals surface area contributed by atoms with Crippen LogP contribution in [0.25, 0.3) is 0 Å². The highest BCUT2D eigenvalue weighted by Crippen LogP contribution is 2.40. The topological polar surface area (TPSA) is 46.2 Å². The molecule has 1 aliphatic rings. The smallest absolute Gasteiger partial charge is 0.238 e. The number of hydrogen-bond donors (Lipinski definition) is 1. The summed E-state index contributed by atoms with van der Waals surface area (Å²) in [6.07, 6.45) is 3.13. The standard InChI is InChI=1S/C14H16ClNO2/c1-10(17)14(8-4-5-9-14)13(18)16-12-7-3-2-6-11(12)15/h2-3,6-7H,4-5,8-9H2,1H3,(H,16,18). The van der Waals surface area contributed by atoms with Gasteiger partial charge in [-0.1, -0.05) is 36.6 Å². The van der Waals surface area contributed by atoms with Gasteiger partial charge in [-0.25, -0.2) is 0 Å². The van der Waals surface area contributed by atoms with Crippen LogP contribution in [0, 0.1) is 5.41 Å². The van der Waals surface area contributed by atoms with E-state index in [2.05, 4.69) is 5.32 Å². The second kappa shape index (κ2) is 5.11. The van der Waals surface area contributed by atoms with Crippen molar-refractivity contribution < 1.29 is 9.59 Å². The Kier molecular flexibility index (Phi) is 3.71. The molecule has 0 bridgehead atoms. The number of halogens is 1. The number of carbonyl (C=O) groups excluding carboxylic acids is 2. The third-order valence-corrected chi connectivity index (χ3v) is 4.02. The molecule has 0 unspecified atom stereocenters. The molecule has 1 N–H and O–H groups in total. The van der Waals surface area contributed by atoms with E-state index in [0.717, 1.165) is 12.8 Å². The lowest BCUT2D eigenvalue weighted by molar-refractivity contribution is -0.137. The molecule has 1 aromatic rings. The van der Waals surface area contributed by atoms with Crippen LogP contribution in [0.1, 0.15) is 32.6 Å². The van der Waals surface area contributed by atoms with Crippen molar-refractivity contribution in [1.29, 1.82) is 0 Å². The van der Waals surface area contributed by atoms with Gasteiger partial charge in [0, 0.05) is 0 Å². The Morgan fingerprint density at radius 2 is 1.83 bits per heavy atom. The van der Waals surface area contributed by atoms with E-state index in [1.165, 1.54) is 6.92 Å². The average Bonchev–Trinajstić information content (AvgIpc) is 2.82. The molecule has 4 heteroatoms. The third kappa shape index (κ3) is 2.27. The summed E-state index contributed by atoms with van der Waals surface area (Å²) in [5.41, 5.74) is -0.282. The van der Waals surface area contributed by atoms with Gasteiger partial charge in [-0.15, -0.1) is 0 Å². The predicted octanol–water partition coefficient (Wildman–Crippen LogP) is 3.43. The normalized spacial score (nSPS) is 17.4. The number of ketones is 1. The maximum atomic E-state index is 12.3. The molecule has 0 heterocycles. The fourth-order valence-electron chi connectivity index (χ4n) is 2.52. The zero-order valence-corrected chi connectivity index (χ0v) is 11.1. The maximum Gasteiger partial charge on any atom is 0.238 e. The molecule has 1 amide bonds. The van der Waals surface area contributed by atoms with Crippen LogP contribution in [-0.2, 0) is 9.59 Å². The van der Waals surface area contributed by atoms with Crippen molar-refractivity contribution in [3.63, 3.8) is 0 Å². The highest BCUT2D eigenvalue weighted by molar-refractivity contribution is 6.33. The van der Waals surface area contributed by atoms with Gasteiger partial charge in [-0.2, -0.15) is 0 Å². The number of hydrogen-bond acceptors (Lipinski definition) is 2. The number of amides is 1. The zero-order valence-electron chi connectivity index (χ0n) is 10.3. The van der Waals surface area contributed by atoms with Crippen molar-refractivity contribution in [3.8, 4) is 0 Å². The maximum absolute atomic E-state index is 12.3. The number of Topliss-reactive ketones (excluding diaryl/α,β-unsaturated/α-hetero) is 1. The van der Waals surface area contributed by atoms with E-state index in [9.17, 15) is 9.59 Å². The summed E-state index contributed by atoms with van der Waals surface area (Å²) in [7, 11) is 0. The lowest BCUT2D eigenvalue weighted by Crippen LogP contribution is -2.39. The van der Waals surface area contributed by atoms with Crippen LogP contribution in [0.3, 0.4) is 0 Å². The van der Waals surface area contributed by atoms with Crippen LogP contribution in [-0.4, -0.2) is 11.7 Å². The second-order valence-corrected chi connectivity index (χ2v) is 5.19. The molecular weight excluding hydrogens is 250 g/mol. The van der Waals surface area contributed by atoms with Crippen LogP contribution in [0.15, 0.2) is 24.3 Å². The molecule has 2 rings (SSSR count). The SMILES string of the molecule is CC(=O)C1(C(=O)Nc2ccccc2Cl)CCCC1. The number of benzene rings is 1. The van der Waals surface area contributed by atoms with E-state index >= 15 is 0 Å². The largest absolute Gasteiger partial charge is 0.324 e. The molecule has 96 valence electrons. The number of nitrogens with one attached hydrogen (secondary N) is 1. The molecule has 0 atom stereocenters. The van der Waals surface area contributed by atoms with Gasteiger partial charge in [0.25, 0.3) is 0 Å². The van der Waals surface area contributed by atoms with Gasteiger partial charge in [0.2, 0.25) is 5.91 Å². The summed E-state index contributed by atoms with van der Waals surface area (Å²) in [4.78, 5) is 24.1. The highest BCUT2D eigenvalue weighted by atomic mass is 35.5. The molecule has 1 saturated carbocycles. The first kappa shape index (κ1) is 13.1. The second-order valence-electron chi connectivity index (χ2n) is 4.78. The molecule has 0 spiro atoms. The fourth-order valence-corrected chi connectivity index (χ4v) is 2.71. The molecule has 1 aliphatic carbocycles. The zero-order chi connectivity index (χ0) is 13.2. The van der Waals surface area contributed by atoms with Crippen LogP contribution < -0.4 is 5.32 Å². The minimum atomic E-state index is -0.848.